The van der Waals surface area contributed by atoms with Crippen LogP contribution in [0.3, 0.4) is 0 Å². The molecule has 0 aromatic heterocycles. The molecule has 8 heteroatoms. The molecule has 0 saturated heterocycles. The molecular weight excluding hydrogens is 399 g/mol. The van der Waals surface area contributed by atoms with Gasteiger partial charge >= 0.3 is 0 Å². The van der Waals surface area contributed by atoms with Crippen molar-refractivity contribution in [3.05, 3.63) is 50.4 Å². The average molecular weight is 410 g/mol. The minimum atomic E-state index is -3.77. The molecule has 0 aliphatic carbocycles. The summed E-state index contributed by atoms with van der Waals surface area (Å²) in [5.41, 5.74) is 7.10. The topological polar surface area (TPSA) is 72.2 Å². The standard InChI is InChI=1S/C13H11BrCl2N2O2S/c1-7-6-8(2-4-10(7)17)21(19,20)18-11-5-3-9(14)12(15)13(11)16/h2-6,18H,17H2,1H3. The fraction of sp³-hybridized carbons (Fsp3) is 0.0769. The Labute approximate surface area is 141 Å². The maximum atomic E-state index is 12.3. The normalized spacial score (nSPS) is 11.4. The van der Waals surface area contributed by atoms with Gasteiger partial charge in [-0.05, 0) is 58.7 Å². The summed E-state index contributed by atoms with van der Waals surface area (Å²) in [7, 11) is -3.77. The van der Waals surface area contributed by atoms with E-state index < -0.39 is 10.0 Å². The van der Waals surface area contributed by atoms with E-state index in [1.54, 1.807) is 19.1 Å². The zero-order chi connectivity index (χ0) is 15.8. The molecule has 112 valence electrons. The van der Waals surface area contributed by atoms with Crippen LogP contribution in [0.25, 0.3) is 0 Å². The molecule has 0 saturated carbocycles. The molecule has 2 aromatic carbocycles. The predicted octanol–water partition coefficient (Wildman–Crippen LogP) is 4.45. The van der Waals surface area contributed by atoms with E-state index in [1.165, 1.54) is 18.2 Å². The van der Waals surface area contributed by atoms with Gasteiger partial charge in [0.2, 0.25) is 0 Å². The van der Waals surface area contributed by atoms with Gasteiger partial charge in [-0.2, -0.15) is 0 Å². The maximum absolute atomic E-state index is 12.3. The quantitative estimate of drug-likeness (QED) is 0.581. The Morgan fingerprint density at radius 2 is 1.81 bits per heavy atom. The smallest absolute Gasteiger partial charge is 0.261 e. The Balaban J connectivity index is 2.42. The molecule has 0 heterocycles. The molecule has 0 atom stereocenters. The van der Waals surface area contributed by atoms with Crippen molar-refractivity contribution < 1.29 is 8.42 Å². The molecule has 0 aliphatic heterocycles. The van der Waals surface area contributed by atoms with E-state index in [0.717, 1.165) is 0 Å². The molecule has 0 bridgehead atoms. The van der Waals surface area contributed by atoms with Gasteiger partial charge in [0.1, 0.15) is 0 Å². The summed E-state index contributed by atoms with van der Waals surface area (Å²) in [4.78, 5) is 0.101. The third-order valence-corrected chi connectivity index (χ3v) is 5.97. The number of nitrogen functional groups attached to an aromatic ring is 1. The monoisotopic (exact) mass is 408 g/mol. The fourth-order valence-corrected chi connectivity index (χ4v) is 3.66. The lowest BCUT2D eigenvalue weighted by Gasteiger charge is -2.12. The van der Waals surface area contributed by atoms with Crippen molar-refractivity contribution in [3.8, 4) is 0 Å². The Kier molecular flexibility index (Phi) is 4.72. The van der Waals surface area contributed by atoms with Crippen LogP contribution in [0.5, 0.6) is 0 Å². The van der Waals surface area contributed by atoms with Crippen molar-refractivity contribution >= 4 is 60.5 Å². The number of rotatable bonds is 3. The molecule has 0 amide bonds. The molecule has 4 nitrogen and oxygen atoms in total. The molecular formula is C13H11BrCl2N2O2S. The van der Waals surface area contributed by atoms with Crippen molar-refractivity contribution in [2.45, 2.75) is 11.8 Å². The Bertz CT molecular complexity index is 810. The largest absolute Gasteiger partial charge is 0.399 e. The van der Waals surface area contributed by atoms with E-state index in [9.17, 15) is 8.42 Å². The Hall–Kier alpha value is -0.950. The summed E-state index contributed by atoms with van der Waals surface area (Å²) in [5.74, 6) is 0. The first-order valence-electron chi connectivity index (χ1n) is 5.75. The van der Waals surface area contributed by atoms with Gasteiger partial charge in [-0.15, -0.1) is 0 Å². The minimum Gasteiger partial charge on any atom is -0.399 e. The summed E-state index contributed by atoms with van der Waals surface area (Å²) in [6.07, 6.45) is 0. The second kappa shape index (κ2) is 6.04. The van der Waals surface area contributed by atoms with Gasteiger partial charge in [0.25, 0.3) is 10.0 Å². The molecule has 0 spiro atoms. The van der Waals surface area contributed by atoms with Gasteiger partial charge in [-0.3, -0.25) is 4.72 Å². The van der Waals surface area contributed by atoms with Gasteiger partial charge in [0.05, 0.1) is 20.6 Å². The number of nitrogens with one attached hydrogen (secondary N) is 1. The molecule has 0 aliphatic rings. The molecule has 3 N–H and O–H groups in total. The van der Waals surface area contributed by atoms with Crippen molar-refractivity contribution in [3.63, 3.8) is 0 Å². The third-order valence-electron chi connectivity index (χ3n) is 2.83. The Morgan fingerprint density at radius 3 is 2.43 bits per heavy atom. The number of aryl methyl sites for hydroxylation is 1. The van der Waals surface area contributed by atoms with E-state index >= 15 is 0 Å². The number of hydrogen-bond acceptors (Lipinski definition) is 3. The van der Waals surface area contributed by atoms with Crippen LogP contribution >= 0.6 is 39.1 Å². The highest BCUT2D eigenvalue weighted by atomic mass is 79.9. The highest BCUT2D eigenvalue weighted by Gasteiger charge is 2.18. The summed E-state index contributed by atoms with van der Waals surface area (Å²) < 4.78 is 27.7. The highest BCUT2D eigenvalue weighted by Crippen LogP contribution is 2.36. The van der Waals surface area contributed by atoms with Crippen LogP contribution in [-0.4, -0.2) is 8.42 Å². The first-order chi connectivity index (χ1) is 9.72. The minimum absolute atomic E-state index is 0.101. The molecule has 0 fully saturated rings. The number of benzene rings is 2. The van der Waals surface area contributed by atoms with Crippen LogP contribution < -0.4 is 10.5 Å². The highest BCUT2D eigenvalue weighted by molar-refractivity contribution is 9.10. The summed E-state index contributed by atoms with van der Waals surface area (Å²) >= 11 is 15.2. The maximum Gasteiger partial charge on any atom is 0.261 e. The SMILES string of the molecule is Cc1cc(S(=O)(=O)Nc2ccc(Br)c(Cl)c2Cl)ccc1N. The van der Waals surface area contributed by atoms with Gasteiger partial charge in [0.15, 0.2) is 0 Å². The molecule has 21 heavy (non-hydrogen) atoms. The van der Waals surface area contributed by atoms with Crippen molar-refractivity contribution in [2.24, 2.45) is 0 Å². The van der Waals surface area contributed by atoms with Crippen LogP contribution in [0.2, 0.25) is 10.0 Å². The lowest BCUT2D eigenvalue weighted by atomic mass is 10.2. The number of anilines is 2. The van der Waals surface area contributed by atoms with E-state index in [2.05, 4.69) is 20.7 Å². The lowest BCUT2D eigenvalue weighted by Crippen LogP contribution is -2.13. The van der Waals surface area contributed by atoms with Crippen LogP contribution in [0.1, 0.15) is 5.56 Å². The van der Waals surface area contributed by atoms with E-state index in [-0.39, 0.29) is 20.6 Å². The zero-order valence-corrected chi connectivity index (χ0v) is 14.7. The van der Waals surface area contributed by atoms with Crippen molar-refractivity contribution in [1.82, 2.24) is 0 Å². The number of hydrogen-bond donors (Lipinski definition) is 2. The summed E-state index contributed by atoms with van der Waals surface area (Å²) in [5, 5.41) is 0.368. The molecule has 0 radical (unpaired) electrons. The summed E-state index contributed by atoms with van der Waals surface area (Å²) in [6, 6.07) is 7.60. The van der Waals surface area contributed by atoms with Crippen LogP contribution in [0.15, 0.2) is 39.7 Å². The van der Waals surface area contributed by atoms with Gasteiger partial charge < -0.3 is 5.73 Å². The molecule has 2 aromatic rings. The van der Waals surface area contributed by atoms with Gasteiger partial charge in [-0.1, -0.05) is 23.2 Å². The van der Waals surface area contributed by atoms with E-state index in [0.29, 0.717) is 15.7 Å². The van der Waals surface area contributed by atoms with Crippen LogP contribution in [0.4, 0.5) is 11.4 Å². The van der Waals surface area contributed by atoms with Crippen LogP contribution in [0, 0.1) is 6.92 Å². The number of nitrogens with two attached hydrogens (primary N) is 1. The Morgan fingerprint density at radius 1 is 1.14 bits per heavy atom. The van der Waals surface area contributed by atoms with E-state index in [1.807, 2.05) is 0 Å². The average Bonchev–Trinajstić information content (AvgIpc) is 2.42. The lowest BCUT2D eigenvalue weighted by molar-refractivity contribution is 0.601. The van der Waals surface area contributed by atoms with Crippen molar-refractivity contribution in [2.75, 3.05) is 10.5 Å². The summed E-state index contributed by atoms with van der Waals surface area (Å²) in [6.45, 7) is 1.73. The molecule has 0 unspecified atom stereocenters. The van der Waals surface area contributed by atoms with Gasteiger partial charge in [0, 0.05) is 10.2 Å². The second-order valence-corrected chi connectivity index (χ2v) is 7.64. The van der Waals surface area contributed by atoms with Gasteiger partial charge in [-0.25, -0.2) is 8.42 Å². The predicted molar refractivity (Wildman–Crippen MR) is 90.6 cm³/mol. The zero-order valence-electron chi connectivity index (χ0n) is 10.8. The first-order valence-corrected chi connectivity index (χ1v) is 8.78. The van der Waals surface area contributed by atoms with Crippen LogP contribution in [-0.2, 0) is 10.0 Å². The first kappa shape index (κ1) is 16.4. The number of sulfonamides is 1. The molecule has 2 rings (SSSR count). The third kappa shape index (κ3) is 3.45. The van der Waals surface area contributed by atoms with E-state index in [4.69, 9.17) is 28.9 Å². The fourth-order valence-electron chi connectivity index (χ4n) is 1.62. The number of halogens is 3. The van der Waals surface area contributed by atoms with Crippen molar-refractivity contribution in [1.29, 1.82) is 0 Å². The second-order valence-electron chi connectivity index (χ2n) is 4.35.